The predicted octanol–water partition coefficient (Wildman–Crippen LogP) is 4.44. The van der Waals surface area contributed by atoms with Gasteiger partial charge in [-0.15, -0.1) is 0 Å². The van der Waals surface area contributed by atoms with Crippen LogP contribution in [0.1, 0.15) is 51.6 Å². The molecule has 1 aromatic carbocycles. The number of benzene rings is 1. The van der Waals surface area contributed by atoms with Gasteiger partial charge >= 0.3 is 0 Å². The minimum Gasteiger partial charge on any atom is -0.310 e. The fourth-order valence-electron chi connectivity index (χ4n) is 2.37. The van der Waals surface area contributed by atoms with E-state index >= 15 is 0 Å². The number of halogens is 2. The Morgan fingerprint density at radius 3 is 2.56 bits per heavy atom. The maximum Gasteiger partial charge on any atom is 0.163 e. The van der Waals surface area contributed by atoms with Gasteiger partial charge in [0.15, 0.2) is 11.6 Å². The Bertz CT molecular complexity index is 366. The van der Waals surface area contributed by atoms with E-state index in [1.807, 2.05) is 6.92 Å². The molecule has 3 heteroatoms. The second kappa shape index (κ2) is 7.47. The molecule has 0 radical (unpaired) electrons. The van der Waals surface area contributed by atoms with Gasteiger partial charge in [-0.05, 0) is 24.9 Å². The lowest BCUT2D eigenvalue weighted by Crippen LogP contribution is -2.24. The standard InChI is InChI=1S/C15H23F2N/c1-4-7-11(3)10-14(18-5-2)12-8-6-9-13(16)15(12)17/h6,8-9,11,14,18H,4-5,7,10H2,1-3H3. The first kappa shape index (κ1) is 15.1. The summed E-state index contributed by atoms with van der Waals surface area (Å²) in [6.45, 7) is 7.03. The molecule has 2 unspecified atom stereocenters. The average molecular weight is 255 g/mol. The third-order valence-corrected chi connectivity index (χ3v) is 3.23. The van der Waals surface area contributed by atoms with Gasteiger partial charge in [0.2, 0.25) is 0 Å². The summed E-state index contributed by atoms with van der Waals surface area (Å²) >= 11 is 0. The first-order chi connectivity index (χ1) is 8.60. The van der Waals surface area contributed by atoms with E-state index in [0.29, 0.717) is 11.5 Å². The van der Waals surface area contributed by atoms with E-state index in [1.54, 1.807) is 12.1 Å². The zero-order chi connectivity index (χ0) is 13.5. The molecule has 0 heterocycles. The highest BCUT2D eigenvalue weighted by molar-refractivity contribution is 5.22. The topological polar surface area (TPSA) is 12.0 Å². The smallest absolute Gasteiger partial charge is 0.163 e. The Balaban J connectivity index is 2.86. The van der Waals surface area contributed by atoms with Crippen LogP contribution in [0, 0.1) is 17.6 Å². The lowest BCUT2D eigenvalue weighted by molar-refractivity contribution is 0.380. The van der Waals surface area contributed by atoms with Crippen LogP contribution < -0.4 is 5.32 Å². The maximum absolute atomic E-state index is 13.8. The average Bonchev–Trinajstić information content (AvgIpc) is 2.32. The zero-order valence-electron chi connectivity index (χ0n) is 11.5. The molecule has 0 aliphatic carbocycles. The summed E-state index contributed by atoms with van der Waals surface area (Å²) in [6, 6.07) is 4.30. The van der Waals surface area contributed by atoms with Crippen LogP contribution in [0.5, 0.6) is 0 Å². The summed E-state index contributed by atoms with van der Waals surface area (Å²) < 4.78 is 27.1. The molecule has 102 valence electrons. The molecule has 0 saturated carbocycles. The fraction of sp³-hybridized carbons (Fsp3) is 0.600. The Morgan fingerprint density at radius 1 is 1.22 bits per heavy atom. The van der Waals surface area contributed by atoms with Crippen LogP contribution in [-0.2, 0) is 0 Å². The van der Waals surface area contributed by atoms with Crippen molar-refractivity contribution in [2.45, 2.75) is 46.1 Å². The van der Waals surface area contributed by atoms with Crippen molar-refractivity contribution in [2.75, 3.05) is 6.54 Å². The Kier molecular flexibility index (Phi) is 6.27. The van der Waals surface area contributed by atoms with Gasteiger partial charge in [-0.25, -0.2) is 8.78 Å². The van der Waals surface area contributed by atoms with Crippen molar-refractivity contribution < 1.29 is 8.78 Å². The van der Waals surface area contributed by atoms with Gasteiger partial charge in [-0.2, -0.15) is 0 Å². The van der Waals surface area contributed by atoms with Crippen molar-refractivity contribution in [3.05, 3.63) is 35.4 Å². The zero-order valence-corrected chi connectivity index (χ0v) is 11.5. The van der Waals surface area contributed by atoms with Crippen LogP contribution in [0.3, 0.4) is 0 Å². The van der Waals surface area contributed by atoms with Crippen LogP contribution in [0.25, 0.3) is 0 Å². The van der Waals surface area contributed by atoms with E-state index in [4.69, 9.17) is 0 Å². The second-order valence-electron chi connectivity index (χ2n) is 4.88. The second-order valence-corrected chi connectivity index (χ2v) is 4.88. The Hall–Kier alpha value is -0.960. The molecular weight excluding hydrogens is 232 g/mol. The molecule has 1 rings (SSSR count). The van der Waals surface area contributed by atoms with Gasteiger partial charge in [-0.1, -0.05) is 45.7 Å². The van der Waals surface area contributed by atoms with Crippen molar-refractivity contribution in [3.63, 3.8) is 0 Å². The normalized spacial score (nSPS) is 14.5. The molecule has 0 saturated heterocycles. The Labute approximate surface area is 109 Å². The molecule has 0 fully saturated rings. The quantitative estimate of drug-likeness (QED) is 0.759. The molecule has 0 bridgehead atoms. The molecule has 1 aromatic rings. The van der Waals surface area contributed by atoms with Crippen molar-refractivity contribution in [1.82, 2.24) is 5.32 Å². The SMILES string of the molecule is CCCC(C)CC(NCC)c1cccc(F)c1F. The van der Waals surface area contributed by atoms with E-state index in [2.05, 4.69) is 19.2 Å². The summed E-state index contributed by atoms with van der Waals surface area (Å²) in [6.07, 6.45) is 3.06. The summed E-state index contributed by atoms with van der Waals surface area (Å²) in [4.78, 5) is 0. The molecule has 1 nitrogen and oxygen atoms in total. The third-order valence-electron chi connectivity index (χ3n) is 3.23. The van der Waals surface area contributed by atoms with Crippen LogP contribution in [0.2, 0.25) is 0 Å². The van der Waals surface area contributed by atoms with Crippen molar-refractivity contribution in [3.8, 4) is 0 Å². The highest BCUT2D eigenvalue weighted by Crippen LogP contribution is 2.26. The minimum absolute atomic E-state index is 0.104. The van der Waals surface area contributed by atoms with E-state index in [9.17, 15) is 8.78 Å². The number of nitrogens with one attached hydrogen (secondary N) is 1. The molecule has 0 spiro atoms. The fourth-order valence-corrected chi connectivity index (χ4v) is 2.37. The molecular formula is C15H23F2N. The first-order valence-electron chi connectivity index (χ1n) is 6.77. The lowest BCUT2D eigenvalue weighted by atomic mass is 9.92. The summed E-state index contributed by atoms with van der Waals surface area (Å²) in [5.41, 5.74) is 0.444. The van der Waals surface area contributed by atoms with Gasteiger partial charge < -0.3 is 5.32 Å². The van der Waals surface area contributed by atoms with Gasteiger partial charge in [-0.3, -0.25) is 0 Å². The number of hydrogen-bond acceptors (Lipinski definition) is 1. The van der Waals surface area contributed by atoms with E-state index in [-0.39, 0.29) is 6.04 Å². The summed E-state index contributed by atoms with van der Waals surface area (Å²) in [7, 11) is 0. The van der Waals surface area contributed by atoms with Crippen molar-refractivity contribution in [2.24, 2.45) is 5.92 Å². The van der Waals surface area contributed by atoms with E-state index in [1.165, 1.54) is 0 Å². The van der Waals surface area contributed by atoms with Crippen molar-refractivity contribution >= 4 is 0 Å². The number of hydrogen-bond donors (Lipinski definition) is 1. The molecule has 0 amide bonds. The highest BCUT2D eigenvalue weighted by atomic mass is 19.2. The predicted molar refractivity (Wildman–Crippen MR) is 71.5 cm³/mol. The third kappa shape index (κ3) is 4.05. The molecule has 0 aromatic heterocycles. The molecule has 18 heavy (non-hydrogen) atoms. The van der Waals surface area contributed by atoms with E-state index < -0.39 is 11.6 Å². The first-order valence-corrected chi connectivity index (χ1v) is 6.77. The molecule has 0 aliphatic heterocycles. The van der Waals surface area contributed by atoms with Crippen LogP contribution in [0.4, 0.5) is 8.78 Å². The lowest BCUT2D eigenvalue weighted by Gasteiger charge is -2.22. The van der Waals surface area contributed by atoms with Crippen molar-refractivity contribution in [1.29, 1.82) is 0 Å². The molecule has 0 aliphatic rings. The molecule has 1 N–H and O–H groups in total. The van der Waals surface area contributed by atoms with Gasteiger partial charge in [0.1, 0.15) is 0 Å². The molecule has 2 atom stereocenters. The minimum atomic E-state index is -0.765. The van der Waals surface area contributed by atoms with Gasteiger partial charge in [0, 0.05) is 11.6 Å². The highest BCUT2D eigenvalue weighted by Gasteiger charge is 2.19. The maximum atomic E-state index is 13.8. The number of rotatable bonds is 7. The summed E-state index contributed by atoms with van der Waals surface area (Å²) in [5.74, 6) is -0.979. The van der Waals surface area contributed by atoms with E-state index in [0.717, 1.165) is 31.9 Å². The van der Waals surface area contributed by atoms with Gasteiger partial charge in [0.25, 0.3) is 0 Å². The van der Waals surface area contributed by atoms with Crippen LogP contribution in [0.15, 0.2) is 18.2 Å². The van der Waals surface area contributed by atoms with Crippen LogP contribution in [-0.4, -0.2) is 6.54 Å². The summed E-state index contributed by atoms with van der Waals surface area (Å²) in [5, 5.41) is 3.25. The monoisotopic (exact) mass is 255 g/mol. The Morgan fingerprint density at radius 2 is 1.94 bits per heavy atom. The van der Waals surface area contributed by atoms with Crippen LogP contribution >= 0.6 is 0 Å². The largest absolute Gasteiger partial charge is 0.310 e. The van der Waals surface area contributed by atoms with Gasteiger partial charge in [0.05, 0.1) is 0 Å².